The van der Waals surface area contributed by atoms with Crippen LogP contribution in [0.4, 0.5) is 0 Å². The van der Waals surface area contributed by atoms with E-state index in [-0.39, 0.29) is 6.10 Å². The van der Waals surface area contributed by atoms with Gasteiger partial charge in [-0.25, -0.2) is 0 Å². The summed E-state index contributed by atoms with van der Waals surface area (Å²) in [6, 6.07) is 4.13. The van der Waals surface area contributed by atoms with Crippen LogP contribution in [0.15, 0.2) is 23.7 Å². The maximum absolute atomic E-state index is 10.5. The Kier molecular flexibility index (Phi) is 3.35. The Morgan fingerprint density at radius 1 is 1.33 bits per heavy atom. The second-order valence-corrected chi connectivity index (χ2v) is 6.49. The zero-order valence-electron chi connectivity index (χ0n) is 10.7. The molecule has 0 spiro atoms. The van der Waals surface area contributed by atoms with E-state index >= 15 is 0 Å². The lowest BCUT2D eigenvalue weighted by molar-refractivity contribution is 0.0754. The Morgan fingerprint density at radius 3 is 2.89 bits per heavy atom. The number of hydrogen-bond acceptors (Lipinski definition) is 3. The molecule has 0 amide bonds. The van der Waals surface area contributed by atoms with E-state index < -0.39 is 0 Å². The molecular weight excluding hydrogens is 242 g/mol. The lowest BCUT2D eigenvalue weighted by Crippen LogP contribution is -2.19. The van der Waals surface area contributed by atoms with Gasteiger partial charge < -0.3 is 5.11 Å². The molecule has 1 unspecified atom stereocenters. The maximum Gasteiger partial charge on any atom is 0.0833 e. The number of aliphatic hydroxyl groups is 1. The first-order chi connectivity index (χ1) is 8.74. The van der Waals surface area contributed by atoms with Crippen molar-refractivity contribution in [1.82, 2.24) is 4.98 Å². The SMILES string of the molecule is CC1CCC(C(O)c2cnc3ccsc3c2)CC1. The summed E-state index contributed by atoms with van der Waals surface area (Å²) in [5.74, 6) is 1.24. The summed E-state index contributed by atoms with van der Waals surface area (Å²) in [5, 5.41) is 12.5. The van der Waals surface area contributed by atoms with Gasteiger partial charge in [-0.15, -0.1) is 11.3 Å². The third-order valence-electron chi connectivity index (χ3n) is 4.17. The first kappa shape index (κ1) is 12.1. The molecule has 1 aliphatic rings. The van der Waals surface area contributed by atoms with Crippen LogP contribution in [0, 0.1) is 11.8 Å². The normalized spacial score (nSPS) is 26.3. The van der Waals surface area contributed by atoms with Gasteiger partial charge in [0.25, 0.3) is 0 Å². The molecule has 2 heterocycles. The average Bonchev–Trinajstić information content (AvgIpc) is 2.86. The monoisotopic (exact) mass is 261 g/mol. The Balaban J connectivity index is 1.80. The topological polar surface area (TPSA) is 33.1 Å². The van der Waals surface area contributed by atoms with Crippen LogP contribution in [-0.2, 0) is 0 Å². The minimum Gasteiger partial charge on any atom is -0.388 e. The van der Waals surface area contributed by atoms with Crippen LogP contribution >= 0.6 is 11.3 Å². The minimum atomic E-state index is -0.337. The van der Waals surface area contributed by atoms with Crippen molar-refractivity contribution in [3.8, 4) is 0 Å². The number of rotatable bonds is 2. The van der Waals surface area contributed by atoms with Crippen molar-refractivity contribution in [2.24, 2.45) is 11.8 Å². The first-order valence-electron chi connectivity index (χ1n) is 6.75. The lowest BCUT2D eigenvalue weighted by Gasteiger charge is -2.29. The number of fused-ring (bicyclic) bond motifs is 1. The van der Waals surface area contributed by atoms with E-state index in [1.165, 1.54) is 17.5 Å². The maximum atomic E-state index is 10.5. The van der Waals surface area contributed by atoms with Gasteiger partial charge >= 0.3 is 0 Å². The van der Waals surface area contributed by atoms with Crippen molar-refractivity contribution in [2.75, 3.05) is 0 Å². The molecule has 2 nitrogen and oxygen atoms in total. The molecule has 1 aliphatic carbocycles. The molecule has 18 heavy (non-hydrogen) atoms. The van der Waals surface area contributed by atoms with E-state index in [4.69, 9.17) is 0 Å². The van der Waals surface area contributed by atoms with Gasteiger partial charge in [-0.1, -0.05) is 19.8 Å². The van der Waals surface area contributed by atoms with Crippen molar-refractivity contribution in [3.05, 3.63) is 29.3 Å². The van der Waals surface area contributed by atoms with Gasteiger partial charge in [0.15, 0.2) is 0 Å². The highest BCUT2D eigenvalue weighted by molar-refractivity contribution is 7.17. The Labute approximate surface area is 112 Å². The van der Waals surface area contributed by atoms with E-state index in [9.17, 15) is 5.11 Å². The van der Waals surface area contributed by atoms with Gasteiger partial charge in [0.2, 0.25) is 0 Å². The zero-order chi connectivity index (χ0) is 12.5. The van der Waals surface area contributed by atoms with Crippen molar-refractivity contribution in [3.63, 3.8) is 0 Å². The predicted molar refractivity (Wildman–Crippen MR) is 75.7 cm³/mol. The largest absolute Gasteiger partial charge is 0.388 e. The molecule has 2 aromatic rings. The van der Waals surface area contributed by atoms with Gasteiger partial charge in [-0.2, -0.15) is 0 Å². The van der Waals surface area contributed by atoms with Crippen molar-refractivity contribution in [1.29, 1.82) is 0 Å². The fourth-order valence-electron chi connectivity index (χ4n) is 2.90. The average molecular weight is 261 g/mol. The standard InChI is InChI=1S/C15H19NOS/c1-10-2-4-11(5-3-10)15(17)12-8-14-13(16-9-12)6-7-18-14/h6-11,15,17H,2-5H2,1H3. The molecule has 3 heteroatoms. The van der Waals surface area contributed by atoms with E-state index in [0.29, 0.717) is 5.92 Å². The number of nitrogens with zero attached hydrogens (tertiary/aromatic N) is 1. The molecule has 1 N–H and O–H groups in total. The van der Waals surface area contributed by atoms with Crippen LogP contribution < -0.4 is 0 Å². The highest BCUT2D eigenvalue weighted by Crippen LogP contribution is 2.37. The van der Waals surface area contributed by atoms with Crippen LogP contribution in [0.5, 0.6) is 0 Å². The minimum absolute atomic E-state index is 0.337. The summed E-state index contributed by atoms with van der Waals surface area (Å²) >= 11 is 1.69. The first-order valence-corrected chi connectivity index (χ1v) is 7.63. The van der Waals surface area contributed by atoms with Gasteiger partial charge in [-0.05, 0) is 42.2 Å². The van der Waals surface area contributed by atoms with Crippen LogP contribution in [-0.4, -0.2) is 10.1 Å². The zero-order valence-corrected chi connectivity index (χ0v) is 11.5. The fourth-order valence-corrected chi connectivity index (χ4v) is 3.69. The molecule has 3 rings (SSSR count). The van der Waals surface area contributed by atoms with Gasteiger partial charge in [-0.3, -0.25) is 4.98 Å². The smallest absolute Gasteiger partial charge is 0.0833 e. The summed E-state index contributed by atoms with van der Waals surface area (Å²) in [4.78, 5) is 4.42. The van der Waals surface area contributed by atoms with Gasteiger partial charge in [0.05, 0.1) is 16.3 Å². The molecule has 0 aliphatic heterocycles. The molecule has 0 radical (unpaired) electrons. The quantitative estimate of drug-likeness (QED) is 0.880. The third-order valence-corrected chi connectivity index (χ3v) is 5.03. The highest BCUT2D eigenvalue weighted by Gasteiger charge is 2.26. The molecule has 96 valence electrons. The third kappa shape index (κ3) is 2.29. The Hall–Kier alpha value is -0.930. The van der Waals surface area contributed by atoms with Crippen molar-refractivity contribution >= 4 is 21.6 Å². The number of aliphatic hydroxyl groups excluding tert-OH is 1. The fraction of sp³-hybridized carbons (Fsp3) is 0.533. The molecule has 0 saturated heterocycles. The molecular formula is C15H19NOS. The number of pyridine rings is 1. The molecule has 2 aromatic heterocycles. The van der Waals surface area contributed by atoms with E-state index in [1.807, 2.05) is 12.3 Å². The molecule has 0 bridgehead atoms. The van der Waals surface area contributed by atoms with E-state index in [1.54, 1.807) is 11.3 Å². The van der Waals surface area contributed by atoms with Crippen molar-refractivity contribution < 1.29 is 5.11 Å². The number of aromatic nitrogens is 1. The molecule has 0 aromatic carbocycles. The summed E-state index contributed by atoms with van der Waals surface area (Å²) < 4.78 is 1.18. The molecule has 1 fully saturated rings. The van der Waals surface area contributed by atoms with Crippen LogP contribution in [0.2, 0.25) is 0 Å². The van der Waals surface area contributed by atoms with Gasteiger partial charge in [0.1, 0.15) is 0 Å². The summed E-state index contributed by atoms with van der Waals surface area (Å²) in [6.07, 6.45) is 6.29. The lowest BCUT2D eigenvalue weighted by atomic mass is 9.79. The Bertz CT molecular complexity index is 528. The summed E-state index contributed by atoms with van der Waals surface area (Å²) in [6.45, 7) is 2.31. The van der Waals surface area contributed by atoms with Crippen LogP contribution in [0.3, 0.4) is 0 Å². The van der Waals surface area contributed by atoms with E-state index in [0.717, 1.165) is 29.8 Å². The van der Waals surface area contributed by atoms with Gasteiger partial charge in [0, 0.05) is 11.8 Å². The summed E-state index contributed by atoms with van der Waals surface area (Å²) in [7, 11) is 0. The van der Waals surface area contributed by atoms with E-state index in [2.05, 4.69) is 23.4 Å². The summed E-state index contributed by atoms with van der Waals surface area (Å²) in [5.41, 5.74) is 2.03. The Morgan fingerprint density at radius 2 is 2.11 bits per heavy atom. The second kappa shape index (κ2) is 4.98. The molecule has 1 atom stereocenters. The number of hydrogen-bond donors (Lipinski definition) is 1. The predicted octanol–water partition coefficient (Wildman–Crippen LogP) is 4.16. The molecule has 1 saturated carbocycles. The van der Waals surface area contributed by atoms with Crippen molar-refractivity contribution in [2.45, 2.75) is 38.7 Å². The number of thiophene rings is 1. The van der Waals surface area contributed by atoms with Crippen LogP contribution in [0.1, 0.15) is 44.3 Å². The van der Waals surface area contributed by atoms with Crippen LogP contribution in [0.25, 0.3) is 10.2 Å². The highest BCUT2D eigenvalue weighted by atomic mass is 32.1. The second-order valence-electron chi connectivity index (χ2n) is 5.54.